The molecule has 0 spiro atoms. The van der Waals surface area contributed by atoms with E-state index in [-0.39, 0.29) is 6.61 Å². The number of benzene rings is 2. The van der Waals surface area contributed by atoms with Gasteiger partial charge in [-0.25, -0.2) is 4.79 Å². The maximum atomic E-state index is 11.6. The summed E-state index contributed by atoms with van der Waals surface area (Å²) >= 11 is 0. The molecular weight excluding hydrogens is 292 g/mol. The molecule has 0 aromatic heterocycles. The lowest BCUT2D eigenvalue weighted by Crippen LogP contribution is -2.24. The van der Waals surface area contributed by atoms with E-state index >= 15 is 0 Å². The molecule has 6 nitrogen and oxygen atoms in total. The van der Waals surface area contributed by atoms with Crippen molar-refractivity contribution in [2.45, 2.75) is 6.61 Å². The first-order chi connectivity index (χ1) is 11.3. The molecule has 2 aromatic rings. The van der Waals surface area contributed by atoms with Gasteiger partial charge in [0.1, 0.15) is 6.61 Å². The van der Waals surface area contributed by atoms with Crippen molar-refractivity contribution in [3.8, 4) is 0 Å². The molecule has 2 aromatic carbocycles. The van der Waals surface area contributed by atoms with Crippen molar-refractivity contribution in [3.05, 3.63) is 82.2 Å². The summed E-state index contributed by atoms with van der Waals surface area (Å²) < 4.78 is 5.09. The van der Waals surface area contributed by atoms with Gasteiger partial charge < -0.3 is 10.1 Å². The number of rotatable bonds is 6. The van der Waals surface area contributed by atoms with Crippen molar-refractivity contribution in [2.24, 2.45) is 5.11 Å². The summed E-state index contributed by atoms with van der Waals surface area (Å²) in [6.45, 7) is 0.550. The van der Waals surface area contributed by atoms with Crippen LogP contribution >= 0.6 is 0 Å². The molecule has 0 heterocycles. The van der Waals surface area contributed by atoms with Crippen molar-refractivity contribution in [1.29, 1.82) is 0 Å². The molecule has 0 saturated heterocycles. The lowest BCUT2D eigenvalue weighted by molar-refractivity contribution is 0.141. The summed E-state index contributed by atoms with van der Waals surface area (Å²) in [5, 5.41) is 6.22. The number of azide groups is 1. The van der Waals surface area contributed by atoms with Gasteiger partial charge in [0.15, 0.2) is 0 Å². The van der Waals surface area contributed by atoms with E-state index < -0.39 is 6.09 Å². The van der Waals surface area contributed by atoms with Crippen LogP contribution in [-0.2, 0) is 11.3 Å². The number of amides is 1. The van der Waals surface area contributed by atoms with Crippen LogP contribution in [-0.4, -0.2) is 12.6 Å². The van der Waals surface area contributed by atoms with Crippen LogP contribution in [0.15, 0.2) is 65.8 Å². The number of carbonyl (C=O) groups excluding carboxylic acids is 1. The maximum Gasteiger partial charge on any atom is 0.407 e. The lowest BCUT2D eigenvalue weighted by atomic mass is 10.1. The number of alkyl carbamates (subject to hydrolysis) is 1. The quantitative estimate of drug-likeness (QED) is 0.481. The van der Waals surface area contributed by atoms with Gasteiger partial charge >= 0.3 is 6.09 Å². The van der Waals surface area contributed by atoms with E-state index in [9.17, 15) is 4.79 Å². The van der Waals surface area contributed by atoms with E-state index in [4.69, 9.17) is 10.3 Å². The molecule has 0 radical (unpaired) electrons. The second-order valence-corrected chi connectivity index (χ2v) is 4.59. The van der Waals surface area contributed by atoms with Crippen LogP contribution in [0.25, 0.3) is 16.5 Å². The fraction of sp³-hybridized carbons (Fsp3) is 0.118. The predicted octanol–water partition coefficient (Wildman–Crippen LogP) is 4.57. The Balaban J connectivity index is 1.78. The highest BCUT2D eigenvalue weighted by molar-refractivity contribution is 5.68. The molecule has 0 fully saturated rings. The second-order valence-electron chi connectivity index (χ2n) is 4.59. The zero-order valence-corrected chi connectivity index (χ0v) is 12.4. The Kier molecular flexibility index (Phi) is 6.26. The Hall–Kier alpha value is -3.24. The van der Waals surface area contributed by atoms with Crippen LogP contribution in [0.5, 0.6) is 0 Å². The first kappa shape index (κ1) is 16.1. The van der Waals surface area contributed by atoms with Gasteiger partial charge in [0.05, 0.1) is 0 Å². The summed E-state index contributed by atoms with van der Waals surface area (Å²) in [5.74, 6) is 0. The van der Waals surface area contributed by atoms with Crippen LogP contribution in [0.2, 0.25) is 0 Å². The van der Waals surface area contributed by atoms with Gasteiger partial charge in [0, 0.05) is 17.1 Å². The first-order valence-corrected chi connectivity index (χ1v) is 7.05. The Morgan fingerprint density at radius 2 is 1.91 bits per heavy atom. The molecule has 0 aliphatic heterocycles. The van der Waals surface area contributed by atoms with Gasteiger partial charge in [0.25, 0.3) is 0 Å². The molecule has 1 N–H and O–H groups in total. The highest BCUT2D eigenvalue weighted by atomic mass is 16.5. The van der Waals surface area contributed by atoms with E-state index in [0.29, 0.717) is 12.2 Å². The topological polar surface area (TPSA) is 87.1 Å². The van der Waals surface area contributed by atoms with E-state index in [1.807, 2.05) is 42.5 Å². The number of hydrogen-bond acceptors (Lipinski definition) is 3. The molecule has 23 heavy (non-hydrogen) atoms. The number of nitrogens with one attached hydrogen (secondary N) is 1. The molecule has 0 saturated carbocycles. The van der Waals surface area contributed by atoms with E-state index in [2.05, 4.69) is 15.3 Å². The molecule has 0 atom stereocenters. The zero-order chi connectivity index (χ0) is 16.3. The Morgan fingerprint density at radius 1 is 1.17 bits per heavy atom. The average molecular weight is 308 g/mol. The zero-order valence-electron chi connectivity index (χ0n) is 12.4. The number of nitrogens with zero attached hydrogens (tertiary/aromatic N) is 3. The summed E-state index contributed by atoms with van der Waals surface area (Å²) in [6.07, 6.45) is 3.05. The van der Waals surface area contributed by atoms with Crippen LogP contribution in [0.3, 0.4) is 0 Å². The molecule has 0 aliphatic carbocycles. The summed E-state index contributed by atoms with van der Waals surface area (Å²) in [6, 6.07) is 16.6. The van der Waals surface area contributed by atoms with Crippen LogP contribution < -0.4 is 5.32 Å². The smallest absolute Gasteiger partial charge is 0.407 e. The van der Waals surface area contributed by atoms with Gasteiger partial charge in [-0.1, -0.05) is 71.9 Å². The molecular formula is C17H16N4O2. The summed E-state index contributed by atoms with van der Waals surface area (Å²) in [4.78, 5) is 14.3. The van der Waals surface area contributed by atoms with Crippen molar-refractivity contribution in [1.82, 2.24) is 5.32 Å². The van der Waals surface area contributed by atoms with E-state index in [1.54, 1.807) is 24.3 Å². The normalized spacial score (nSPS) is 10.1. The monoisotopic (exact) mass is 308 g/mol. The van der Waals surface area contributed by atoms with Crippen LogP contribution in [0.1, 0.15) is 11.1 Å². The molecule has 1 amide bonds. The molecule has 0 unspecified atom stereocenters. The second kappa shape index (κ2) is 8.92. The minimum atomic E-state index is -0.484. The SMILES string of the molecule is [N-]=[N+]=Nc1ccccc1C=CCNC(=O)OCc1ccccc1. The molecule has 0 aliphatic rings. The highest BCUT2D eigenvalue weighted by Crippen LogP contribution is 2.19. The first-order valence-electron chi connectivity index (χ1n) is 7.05. The minimum absolute atomic E-state index is 0.232. The standard InChI is InChI=1S/C17H16N4O2/c18-21-20-16-11-5-4-9-15(16)10-6-12-19-17(22)23-13-14-7-2-1-3-8-14/h1-11H,12-13H2,(H,19,22). The van der Waals surface area contributed by atoms with Gasteiger partial charge in [-0.3, -0.25) is 0 Å². The van der Waals surface area contributed by atoms with Gasteiger partial charge in [-0.2, -0.15) is 0 Å². The molecule has 0 bridgehead atoms. The largest absolute Gasteiger partial charge is 0.445 e. The third-order valence-corrected chi connectivity index (χ3v) is 2.96. The van der Waals surface area contributed by atoms with Crippen molar-refractivity contribution in [2.75, 3.05) is 6.54 Å². The number of carbonyl (C=O) groups is 1. The molecule has 116 valence electrons. The minimum Gasteiger partial charge on any atom is -0.445 e. The third kappa shape index (κ3) is 5.57. The summed E-state index contributed by atoms with van der Waals surface area (Å²) in [7, 11) is 0. The van der Waals surface area contributed by atoms with Crippen LogP contribution in [0, 0.1) is 0 Å². The fourth-order valence-corrected chi connectivity index (χ4v) is 1.87. The predicted molar refractivity (Wildman–Crippen MR) is 88.9 cm³/mol. The lowest BCUT2D eigenvalue weighted by Gasteiger charge is -2.05. The third-order valence-electron chi connectivity index (χ3n) is 2.96. The van der Waals surface area contributed by atoms with E-state index in [0.717, 1.165) is 11.1 Å². The van der Waals surface area contributed by atoms with Crippen molar-refractivity contribution < 1.29 is 9.53 Å². The van der Waals surface area contributed by atoms with Crippen LogP contribution in [0.4, 0.5) is 10.5 Å². The summed E-state index contributed by atoms with van der Waals surface area (Å²) in [5.41, 5.74) is 10.8. The highest BCUT2D eigenvalue weighted by Gasteiger charge is 2.00. The Labute approximate surface area is 134 Å². The number of hydrogen-bond donors (Lipinski definition) is 1. The number of ether oxygens (including phenoxy) is 1. The molecule has 6 heteroatoms. The molecule has 2 rings (SSSR count). The van der Waals surface area contributed by atoms with Crippen molar-refractivity contribution in [3.63, 3.8) is 0 Å². The fourth-order valence-electron chi connectivity index (χ4n) is 1.87. The van der Waals surface area contributed by atoms with E-state index in [1.165, 1.54) is 0 Å². The maximum absolute atomic E-state index is 11.6. The van der Waals surface area contributed by atoms with Gasteiger partial charge in [-0.15, -0.1) is 0 Å². The van der Waals surface area contributed by atoms with Gasteiger partial charge in [-0.05, 0) is 16.7 Å². The Morgan fingerprint density at radius 3 is 2.70 bits per heavy atom. The van der Waals surface area contributed by atoms with Gasteiger partial charge in [0.2, 0.25) is 0 Å². The van der Waals surface area contributed by atoms with Crippen molar-refractivity contribution >= 4 is 17.9 Å². The Bertz CT molecular complexity index is 722. The average Bonchev–Trinajstić information content (AvgIpc) is 2.59.